The molecule has 1 aromatic rings. The molecule has 0 aliphatic heterocycles. The molecular formula is C15H21NO4. The third kappa shape index (κ3) is 5.38. The summed E-state index contributed by atoms with van der Waals surface area (Å²) in [5, 5.41) is 0. The first-order chi connectivity index (χ1) is 9.69. The molecule has 0 amide bonds. The van der Waals surface area contributed by atoms with Crippen molar-refractivity contribution in [3.8, 4) is 0 Å². The molecule has 1 atom stereocenters. The third-order valence-electron chi connectivity index (χ3n) is 2.65. The van der Waals surface area contributed by atoms with Gasteiger partial charge in [0.2, 0.25) is 6.10 Å². The smallest absolute Gasteiger partial charge is 0.352 e. The number of nitrogens with zero attached hydrogens (tertiary/aromatic N) is 1. The van der Waals surface area contributed by atoms with E-state index < -0.39 is 18.0 Å². The van der Waals surface area contributed by atoms with Crippen LogP contribution in [0.25, 0.3) is 0 Å². The van der Waals surface area contributed by atoms with E-state index in [1.807, 2.05) is 13.8 Å². The standard InChI is InChI=1S/C15H21NO4/c1-3-5-10-19-15(18)14(20-13(17)7-4-2)12-8-6-9-16-11-12/h6,8-9,11,14H,3-5,7,10H2,1-2H3. The highest BCUT2D eigenvalue weighted by atomic mass is 16.6. The summed E-state index contributed by atoms with van der Waals surface area (Å²) in [5.74, 6) is -0.954. The van der Waals surface area contributed by atoms with E-state index in [0.717, 1.165) is 12.8 Å². The van der Waals surface area contributed by atoms with E-state index in [-0.39, 0.29) is 6.42 Å². The van der Waals surface area contributed by atoms with Gasteiger partial charge in [0, 0.05) is 24.4 Å². The zero-order chi connectivity index (χ0) is 14.8. The topological polar surface area (TPSA) is 65.5 Å². The SMILES string of the molecule is CCCCOC(=O)C(OC(=O)CCC)c1cccnc1. The maximum absolute atomic E-state index is 12.0. The van der Waals surface area contributed by atoms with Crippen molar-refractivity contribution >= 4 is 11.9 Å². The summed E-state index contributed by atoms with van der Waals surface area (Å²) >= 11 is 0. The number of aromatic nitrogens is 1. The third-order valence-corrected chi connectivity index (χ3v) is 2.65. The number of hydrogen-bond donors (Lipinski definition) is 0. The monoisotopic (exact) mass is 279 g/mol. The highest BCUT2D eigenvalue weighted by molar-refractivity contribution is 5.80. The van der Waals surface area contributed by atoms with Gasteiger partial charge in [0.05, 0.1) is 6.61 Å². The molecule has 0 aromatic carbocycles. The van der Waals surface area contributed by atoms with Gasteiger partial charge in [0.25, 0.3) is 0 Å². The molecule has 1 rings (SSSR count). The predicted octanol–water partition coefficient (Wildman–Crippen LogP) is 2.81. The van der Waals surface area contributed by atoms with Crippen LogP contribution in [0.4, 0.5) is 0 Å². The van der Waals surface area contributed by atoms with Crippen molar-refractivity contribution in [1.82, 2.24) is 4.98 Å². The number of rotatable bonds is 8. The molecule has 0 aliphatic rings. The lowest BCUT2D eigenvalue weighted by atomic mass is 10.1. The molecule has 0 aliphatic carbocycles. The van der Waals surface area contributed by atoms with Crippen LogP contribution in [0.5, 0.6) is 0 Å². The Morgan fingerprint density at radius 3 is 2.70 bits per heavy atom. The van der Waals surface area contributed by atoms with E-state index in [4.69, 9.17) is 9.47 Å². The molecule has 0 spiro atoms. The van der Waals surface area contributed by atoms with Crippen molar-refractivity contribution in [2.75, 3.05) is 6.61 Å². The van der Waals surface area contributed by atoms with Crippen LogP contribution >= 0.6 is 0 Å². The fourth-order valence-corrected chi connectivity index (χ4v) is 1.57. The van der Waals surface area contributed by atoms with Crippen molar-refractivity contribution in [3.63, 3.8) is 0 Å². The molecule has 0 radical (unpaired) electrons. The zero-order valence-electron chi connectivity index (χ0n) is 12.0. The molecule has 110 valence electrons. The van der Waals surface area contributed by atoms with Gasteiger partial charge in [-0.2, -0.15) is 0 Å². The van der Waals surface area contributed by atoms with Crippen LogP contribution in [-0.2, 0) is 19.1 Å². The molecule has 0 N–H and O–H groups in total. The van der Waals surface area contributed by atoms with E-state index in [2.05, 4.69) is 4.98 Å². The van der Waals surface area contributed by atoms with Crippen LogP contribution < -0.4 is 0 Å². The predicted molar refractivity (Wildman–Crippen MR) is 73.8 cm³/mol. The van der Waals surface area contributed by atoms with Gasteiger partial charge < -0.3 is 9.47 Å². The van der Waals surface area contributed by atoms with Crippen LogP contribution in [0.3, 0.4) is 0 Å². The lowest BCUT2D eigenvalue weighted by Gasteiger charge is -2.16. The average molecular weight is 279 g/mol. The molecule has 0 saturated heterocycles. The normalized spacial score (nSPS) is 11.7. The molecule has 20 heavy (non-hydrogen) atoms. The molecule has 1 aromatic heterocycles. The molecule has 0 saturated carbocycles. The first kappa shape index (κ1) is 16.1. The first-order valence-electron chi connectivity index (χ1n) is 6.95. The highest BCUT2D eigenvalue weighted by Crippen LogP contribution is 2.19. The number of unbranched alkanes of at least 4 members (excludes halogenated alkanes) is 1. The van der Waals surface area contributed by atoms with Crippen LogP contribution in [0.2, 0.25) is 0 Å². The molecule has 0 fully saturated rings. The Bertz CT molecular complexity index is 419. The summed E-state index contributed by atoms with van der Waals surface area (Å²) in [4.78, 5) is 27.6. The minimum absolute atomic E-state index is 0.277. The van der Waals surface area contributed by atoms with Gasteiger partial charge in [-0.15, -0.1) is 0 Å². The molecule has 5 heteroatoms. The quantitative estimate of drug-likeness (QED) is 0.541. The maximum atomic E-state index is 12.0. The fraction of sp³-hybridized carbons (Fsp3) is 0.533. The molecule has 1 heterocycles. The van der Waals surface area contributed by atoms with E-state index >= 15 is 0 Å². The highest BCUT2D eigenvalue weighted by Gasteiger charge is 2.26. The molecule has 1 unspecified atom stereocenters. The number of carbonyl (C=O) groups excluding carboxylic acids is 2. The summed E-state index contributed by atoms with van der Waals surface area (Å²) in [5.41, 5.74) is 0.526. The van der Waals surface area contributed by atoms with Gasteiger partial charge in [0.1, 0.15) is 0 Å². The minimum atomic E-state index is -1.03. The summed E-state index contributed by atoms with van der Waals surface area (Å²) in [7, 11) is 0. The van der Waals surface area contributed by atoms with E-state index in [1.54, 1.807) is 18.3 Å². The van der Waals surface area contributed by atoms with Crippen molar-refractivity contribution in [3.05, 3.63) is 30.1 Å². The Morgan fingerprint density at radius 2 is 2.10 bits per heavy atom. The number of carbonyl (C=O) groups is 2. The van der Waals surface area contributed by atoms with Gasteiger partial charge in [0.15, 0.2) is 0 Å². The first-order valence-corrected chi connectivity index (χ1v) is 6.95. The zero-order valence-corrected chi connectivity index (χ0v) is 12.0. The Kier molecular flexibility index (Phi) is 7.32. The van der Waals surface area contributed by atoms with Gasteiger partial charge in [-0.25, -0.2) is 4.79 Å². The second-order valence-electron chi connectivity index (χ2n) is 4.43. The summed E-state index contributed by atoms with van der Waals surface area (Å²) in [6.45, 7) is 4.21. The molecular weight excluding hydrogens is 258 g/mol. The Balaban J connectivity index is 2.73. The summed E-state index contributed by atoms with van der Waals surface area (Å²) < 4.78 is 10.4. The number of esters is 2. The lowest BCUT2D eigenvalue weighted by Crippen LogP contribution is -2.22. The number of hydrogen-bond acceptors (Lipinski definition) is 5. The second-order valence-corrected chi connectivity index (χ2v) is 4.43. The minimum Gasteiger partial charge on any atom is -0.463 e. The van der Waals surface area contributed by atoms with E-state index in [1.165, 1.54) is 6.20 Å². The van der Waals surface area contributed by atoms with Crippen LogP contribution in [0.1, 0.15) is 51.2 Å². The van der Waals surface area contributed by atoms with Gasteiger partial charge in [-0.05, 0) is 18.9 Å². The van der Waals surface area contributed by atoms with E-state index in [9.17, 15) is 9.59 Å². The average Bonchev–Trinajstić information content (AvgIpc) is 2.46. The van der Waals surface area contributed by atoms with Gasteiger partial charge in [-0.3, -0.25) is 9.78 Å². The number of pyridine rings is 1. The Labute approximate surface area is 119 Å². The Morgan fingerprint density at radius 1 is 1.30 bits per heavy atom. The summed E-state index contributed by atoms with van der Waals surface area (Å²) in [6.07, 6.45) is 4.73. The Hall–Kier alpha value is -1.91. The maximum Gasteiger partial charge on any atom is 0.352 e. The van der Waals surface area contributed by atoms with Crippen molar-refractivity contribution in [1.29, 1.82) is 0 Å². The van der Waals surface area contributed by atoms with Crippen LogP contribution in [0.15, 0.2) is 24.5 Å². The largest absolute Gasteiger partial charge is 0.463 e. The molecule has 0 bridgehead atoms. The van der Waals surface area contributed by atoms with E-state index in [0.29, 0.717) is 18.6 Å². The van der Waals surface area contributed by atoms with Gasteiger partial charge >= 0.3 is 11.9 Å². The summed E-state index contributed by atoms with van der Waals surface area (Å²) in [6, 6.07) is 3.38. The van der Waals surface area contributed by atoms with Crippen molar-refractivity contribution in [2.45, 2.75) is 45.6 Å². The van der Waals surface area contributed by atoms with Crippen LogP contribution in [-0.4, -0.2) is 23.5 Å². The fourth-order valence-electron chi connectivity index (χ4n) is 1.57. The van der Waals surface area contributed by atoms with Crippen LogP contribution in [0, 0.1) is 0 Å². The molecule has 5 nitrogen and oxygen atoms in total. The number of ether oxygens (including phenoxy) is 2. The second kappa shape index (κ2) is 9.07. The van der Waals surface area contributed by atoms with Gasteiger partial charge in [-0.1, -0.05) is 26.3 Å². The van der Waals surface area contributed by atoms with Crippen molar-refractivity contribution < 1.29 is 19.1 Å². The van der Waals surface area contributed by atoms with Crippen molar-refractivity contribution in [2.24, 2.45) is 0 Å². The lowest BCUT2D eigenvalue weighted by molar-refractivity contribution is -0.168.